The molecule has 0 saturated carbocycles. The van der Waals surface area contributed by atoms with E-state index in [1.165, 1.54) is 12.7 Å². The summed E-state index contributed by atoms with van der Waals surface area (Å²) in [5.41, 5.74) is 12.9. The van der Waals surface area contributed by atoms with Gasteiger partial charge >= 0.3 is 8.25 Å². The molecule has 3 fully saturated rings. The van der Waals surface area contributed by atoms with Crippen molar-refractivity contribution in [2.45, 2.75) is 43.5 Å². The summed E-state index contributed by atoms with van der Waals surface area (Å²) in [6, 6.07) is 0. The molecular formula is C21H26N10O6P2. The van der Waals surface area contributed by atoms with Crippen molar-refractivity contribution in [2.75, 3.05) is 30.4 Å². The van der Waals surface area contributed by atoms with Crippen molar-refractivity contribution < 1.29 is 23.1 Å². The van der Waals surface area contributed by atoms with E-state index in [2.05, 4.69) is 30.0 Å². The zero-order chi connectivity index (χ0) is 26.7. The molecular weight excluding hydrogens is 550 g/mol. The molecule has 18 heteroatoms. The zero-order valence-corrected chi connectivity index (χ0v) is 22.5. The largest absolute Gasteiger partial charge is 0.381 e. The molecule has 16 nitrogen and oxygen atoms in total. The number of aromatic amines is 1. The van der Waals surface area contributed by atoms with Crippen LogP contribution < -0.4 is 17.0 Å². The average Bonchev–Trinajstić information content (AvgIpc) is 3.67. The Morgan fingerprint density at radius 3 is 2.90 bits per heavy atom. The first-order valence-electron chi connectivity index (χ1n) is 12.5. The average molecular weight is 576 g/mol. The van der Waals surface area contributed by atoms with Crippen molar-refractivity contribution in [3.63, 3.8) is 0 Å². The highest BCUT2D eigenvalue weighted by Crippen LogP contribution is 2.45. The first-order valence-corrected chi connectivity index (χ1v) is 15.1. The van der Waals surface area contributed by atoms with E-state index in [0.29, 0.717) is 26.5 Å². The van der Waals surface area contributed by atoms with Gasteiger partial charge in [0, 0.05) is 6.42 Å². The summed E-state index contributed by atoms with van der Waals surface area (Å²) in [6.07, 6.45) is 5.58. The van der Waals surface area contributed by atoms with Crippen molar-refractivity contribution in [1.29, 1.82) is 0 Å². The number of hydrogen-bond acceptors (Lipinski definition) is 13. The zero-order valence-electron chi connectivity index (χ0n) is 20.5. The van der Waals surface area contributed by atoms with Crippen LogP contribution in [0.25, 0.3) is 16.8 Å². The van der Waals surface area contributed by atoms with Crippen LogP contribution in [0.5, 0.6) is 0 Å². The summed E-state index contributed by atoms with van der Waals surface area (Å²) in [4.78, 5) is 31.4. The molecule has 0 spiro atoms. The molecule has 5 N–H and O–H groups in total. The molecule has 3 unspecified atom stereocenters. The van der Waals surface area contributed by atoms with Crippen molar-refractivity contribution >= 4 is 45.4 Å². The first kappa shape index (κ1) is 25.0. The Hall–Kier alpha value is -3.00. The predicted octanol–water partition coefficient (Wildman–Crippen LogP) is 0.639. The standard InChI is InChI=1S/C21H26N10O6P2/c22-16-18-24-3-11(31(18)27-7-25-16)12-1-9-5-38-6-10-2-13(37-39(33)34-4-14(9)36-12)20(35-10)30-8-26-15-17(30)28-21(23)29-19(15)32/h3,7-10,12-14,20,38-39H,1-2,4-6H2,(H2,22,25,27)(H3,23,28,29,32)/t9-,10?,12-,13-,14-,20-/m1/s1. The number of nitrogens with two attached hydrogens (primary N) is 2. The maximum Gasteiger partial charge on any atom is 0.319 e. The van der Waals surface area contributed by atoms with Crippen LogP contribution in [0.3, 0.4) is 0 Å². The van der Waals surface area contributed by atoms with Gasteiger partial charge in [-0.2, -0.15) is 10.1 Å². The Kier molecular flexibility index (Phi) is 6.33. The van der Waals surface area contributed by atoms with Gasteiger partial charge in [0.05, 0.1) is 37.0 Å². The number of ether oxygens (including phenoxy) is 2. The van der Waals surface area contributed by atoms with Gasteiger partial charge in [-0.15, -0.1) is 8.58 Å². The van der Waals surface area contributed by atoms with E-state index in [-0.39, 0.29) is 47.9 Å². The summed E-state index contributed by atoms with van der Waals surface area (Å²) in [5.74, 6) is 0.441. The quantitative estimate of drug-likeness (QED) is 0.280. The number of hydrogen-bond donors (Lipinski definition) is 3. The van der Waals surface area contributed by atoms with Crippen LogP contribution in [-0.2, 0) is 23.1 Å². The number of aromatic nitrogens is 8. The van der Waals surface area contributed by atoms with Gasteiger partial charge in [0.1, 0.15) is 18.5 Å². The summed E-state index contributed by atoms with van der Waals surface area (Å²) in [7, 11) is -2.31. The minimum absolute atomic E-state index is 0.0322. The van der Waals surface area contributed by atoms with E-state index in [1.54, 1.807) is 15.3 Å². The van der Waals surface area contributed by atoms with Crippen molar-refractivity contribution in [3.05, 3.63) is 34.9 Å². The van der Waals surface area contributed by atoms with Gasteiger partial charge in [0.2, 0.25) is 5.95 Å². The maximum atomic E-state index is 13.0. The fourth-order valence-electron chi connectivity index (χ4n) is 5.52. The number of nitrogens with zero attached hydrogens (tertiary/aromatic N) is 7. The molecule has 0 radical (unpaired) electrons. The number of imidazole rings is 2. The van der Waals surface area contributed by atoms with E-state index in [0.717, 1.165) is 24.4 Å². The van der Waals surface area contributed by atoms with Gasteiger partial charge in [-0.25, -0.2) is 19.5 Å². The number of nitrogen functional groups attached to an aromatic ring is 2. The number of nitrogens with one attached hydrogen (secondary N) is 1. The summed E-state index contributed by atoms with van der Waals surface area (Å²) < 4.78 is 40.5. The van der Waals surface area contributed by atoms with E-state index < -0.39 is 26.1 Å². The molecule has 3 aliphatic heterocycles. The fourth-order valence-corrected chi connectivity index (χ4v) is 7.90. The molecule has 206 valence electrons. The molecule has 3 aliphatic rings. The summed E-state index contributed by atoms with van der Waals surface area (Å²) in [5, 5.41) is 4.29. The third-order valence-electron chi connectivity index (χ3n) is 7.33. The third-order valence-corrected chi connectivity index (χ3v) is 9.79. The van der Waals surface area contributed by atoms with Crippen LogP contribution in [0.15, 0.2) is 23.6 Å². The summed E-state index contributed by atoms with van der Waals surface area (Å²) >= 11 is 0. The molecule has 8 atom stereocenters. The highest BCUT2D eigenvalue weighted by Gasteiger charge is 2.42. The molecule has 0 amide bonds. The molecule has 2 bridgehead atoms. The minimum Gasteiger partial charge on any atom is -0.381 e. The van der Waals surface area contributed by atoms with Crippen molar-refractivity contribution in [3.8, 4) is 0 Å². The van der Waals surface area contributed by atoms with Crippen molar-refractivity contribution in [2.24, 2.45) is 5.92 Å². The van der Waals surface area contributed by atoms with E-state index in [9.17, 15) is 9.36 Å². The number of rotatable bonds is 2. The number of anilines is 2. The Morgan fingerprint density at radius 1 is 1.10 bits per heavy atom. The molecule has 4 aromatic rings. The van der Waals surface area contributed by atoms with Gasteiger partial charge in [0.25, 0.3) is 5.56 Å². The van der Waals surface area contributed by atoms with E-state index in [4.69, 9.17) is 30.0 Å². The van der Waals surface area contributed by atoms with Gasteiger partial charge in [-0.1, -0.05) is 0 Å². The molecule has 0 aliphatic carbocycles. The third kappa shape index (κ3) is 4.50. The maximum absolute atomic E-state index is 13.0. The van der Waals surface area contributed by atoms with Crippen LogP contribution in [0.4, 0.5) is 11.8 Å². The fraction of sp³-hybridized carbons (Fsp3) is 0.524. The number of H-pyrrole nitrogens is 1. The molecule has 4 aromatic heterocycles. The lowest BCUT2D eigenvalue weighted by Gasteiger charge is -2.21. The predicted molar refractivity (Wildman–Crippen MR) is 140 cm³/mol. The van der Waals surface area contributed by atoms with Gasteiger partial charge in [-0.3, -0.25) is 18.9 Å². The Labute approximate surface area is 222 Å². The van der Waals surface area contributed by atoms with E-state index in [1.807, 2.05) is 0 Å². The SMILES string of the molecule is Nc1nc2c(ncn2[C@@H]2OC3CPC[C@H]4C[C@H](c5cnc6c(N)ncnn56)O[C@@H]4CO[PH](=O)O[C@@H]2C3)c(=O)[nH]1. The monoisotopic (exact) mass is 576 g/mol. The van der Waals surface area contributed by atoms with Crippen LogP contribution in [-0.4, -0.2) is 76.3 Å². The minimum atomic E-state index is -2.90. The molecule has 39 heavy (non-hydrogen) atoms. The lowest BCUT2D eigenvalue weighted by molar-refractivity contribution is -0.0268. The van der Waals surface area contributed by atoms with Gasteiger partial charge < -0.3 is 30.0 Å². The second kappa shape index (κ2) is 9.88. The molecule has 7 rings (SSSR count). The summed E-state index contributed by atoms with van der Waals surface area (Å²) in [6.45, 7) is 0.125. The smallest absolute Gasteiger partial charge is 0.319 e. The van der Waals surface area contributed by atoms with Gasteiger partial charge in [-0.05, 0) is 24.7 Å². The molecule has 3 saturated heterocycles. The van der Waals surface area contributed by atoms with Crippen LogP contribution in [0, 0.1) is 5.92 Å². The van der Waals surface area contributed by atoms with E-state index >= 15 is 0 Å². The molecule has 7 heterocycles. The highest BCUT2D eigenvalue weighted by atomic mass is 31.1. The molecule has 0 aromatic carbocycles. The Balaban J connectivity index is 1.10. The van der Waals surface area contributed by atoms with Crippen molar-refractivity contribution in [1.82, 2.24) is 39.1 Å². The normalized spacial score (nSPS) is 32.4. The van der Waals surface area contributed by atoms with Crippen LogP contribution in [0.2, 0.25) is 0 Å². The van der Waals surface area contributed by atoms with Crippen LogP contribution >= 0.6 is 16.8 Å². The highest BCUT2D eigenvalue weighted by molar-refractivity contribution is 7.38. The lowest BCUT2D eigenvalue weighted by atomic mass is 10.0. The van der Waals surface area contributed by atoms with Gasteiger partial charge in [0.15, 0.2) is 28.9 Å². The lowest BCUT2D eigenvalue weighted by Crippen LogP contribution is -2.24. The first-order chi connectivity index (χ1) is 18.9. The Morgan fingerprint density at radius 2 is 2.00 bits per heavy atom. The topological polar surface area (TPSA) is 213 Å². The van der Waals surface area contributed by atoms with Crippen LogP contribution in [0.1, 0.15) is 30.9 Å². The second-order valence-corrected chi connectivity index (χ2v) is 12.1. The second-order valence-electron chi connectivity index (χ2n) is 9.76. The number of fused-ring (bicyclic) bond motifs is 5. The Bertz CT molecular complexity index is 1630.